The Balaban J connectivity index is 1.85. The van der Waals surface area contributed by atoms with Crippen LogP contribution in [-0.4, -0.2) is 35.6 Å². The minimum absolute atomic E-state index is 0.171. The second-order valence-electron chi connectivity index (χ2n) is 8.70. The molecule has 0 spiro atoms. The number of para-hydroxylation sites is 3. The minimum Gasteiger partial charge on any atom is -0.495 e. The number of nitrogens with one attached hydrogen (secondary N) is 1. The van der Waals surface area contributed by atoms with Crippen molar-refractivity contribution in [3.05, 3.63) is 60.3 Å². The maximum atomic E-state index is 13.8. The Kier molecular flexibility index (Phi) is 5.48. The van der Waals surface area contributed by atoms with Gasteiger partial charge in [-0.05, 0) is 43.5 Å². The zero-order valence-corrected chi connectivity index (χ0v) is 18.5. The van der Waals surface area contributed by atoms with E-state index < -0.39 is 5.54 Å². The molecule has 2 amide bonds. The molecule has 0 saturated heterocycles. The van der Waals surface area contributed by atoms with Crippen LogP contribution < -0.4 is 15.0 Å². The standard InChI is InChI=1S/C25H29N3O3/c1-17(2)13-14-26-24(30)25(3)16-27-19-10-6-5-9-18(19)15-21(27)23(29)28(25)20-11-7-8-12-22(20)31-4/h5-12,15,17H,13-14,16H2,1-4H3,(H,26,30). The van der Waals surface area contributed by atoms with Crippen molar-refractivity contribution in [1.29, 1.82) is 0 Å². The Morgan fingerprint density at radius 1 is 1.16 bits per heavy atom. The number of carbonyl (C=O) groups is 2. The van der Waals surface area contributed by atoms with E-state index in [2.05, 4.69) is 19.2 Å². The highest BCUT2D eigenvalue weighted by Gasteiger charge is 2.49. The fourth-order valence-corrected chi connectivity index (χ4v) is 4.30. The summed E-state index contributed by atoms with van der Waals surface area (Å²) in [4.78, 5) is 29.0. The first-order valence-electron chi connectivity index (χ1n) is 10.7. The molecule has 0 bridgehead atoms. The normalized spacial score (nSPS) is 18.4. The Morgan fingerprint density at radius 2 is 1.87 bits per heavy atom. The molecule has 1 atom stereocenters. The molecule has 6 nitrogen and oxygen atoms in total. The van der Waals surface area contributed by atoms with Crippen LogP contribution in [0.25, 0.3) is 10.9 Å². The smallest absolute Gasteiger partial charge is 0.276 e. The zero-order valence-electron chi connectivity index (χ0n) is 18.5. The number of rotatable bonds is 6. The molecule has 2 aromatic carbocycles. The number of aromatic nitrogens is 1. The highest BCUT2D eigenvalue weighted by molar-refractivity contribution is 6.14. The van der Waals surface area contributed by atoms with E-state index in [0.29, 0.717) is 36.1 Å². The van der Waals surface area contributed by atoms with E-state index in [1.54, 1.807) is 12.0 Å². The number of fused-ring (bicyclic) bond motifs is 3. The number of ether oxygens (including phenoxy) is 1. The second-order valence-corrected chi connectivity index (χ2v) is 8.70. The molecule has 0 saturated carbocycles. The van der Waals surface area contributed by atoms with E-state index in [0.717, 1.165) is 17.3 Å². The fraction of sp³-hybridized carbons (Fsp3) is 0.360. The van der Waals surface area contributed by atoms with Crippen molar-refractivity contribution < 1.29 is 14.3 Å². The van der Waals surface area contributed by atoms with Crippen LogP contribution in [-0.2, 0) is 11.3 Å². The maximum absolute atomic E-state index is 13.8. The number of carbonyl (C=O) groups excluding carboxylic acids is 2. The zero-order chi connectivity index (χ0) is 22.2. The summed E-state index contributed by atoms with van der Waals surface area (Å²) in [7, 11) is 1.57. The molecule has 162 valence electrons. The molecule has 0 fully saturated rings. The SMILES string of the molecule is COc1ccccc1N1C(=O)c2cc3ccccc3n2CC1(C)C(=O)NCCC(C)C. The van der Waals surface area contributed by atoms with Gasteiger partial charge in [-0.15, -0.1) is 0 Å². The Morgan fingerprint density at radius 3 is 2.61 bits per heavy atom. The van der Waals surface area contributed by atoms with Gasteiger partial charge in [0.05, 0.1) is 19.3 Å². The van der Waals surface area contributed by atoms with Gasteiger partial charge >= 0.3 is 0 Å². The summed E-state index contributed by atoms with van der Waals surface area (Å²) in [6.07, 6.45) is 0.877. The van der Waals surface area contributed by atoms with Gasteiger partial charge in [0.1, 0.15) is 17.0 Å². The molecule has 3 aromatic rings. The monoisotopic (exact) mass is 419 g/mol. The summed E-state index contributed by atoms with van der Waals surface area (Å²) in [5, 5.41) is 4.05. The minimum atomic E-state index is -1.11. The summed E-state index contributed by atoms with van der Waals surface area (Å²) in [5.74, 6) is 0.650. The quantitative estimate of drug-likeness (QED) is 0.650. The molecule has 1 unspecified atom stereocenters. The van der Waals surface area contributed by atoms with Crippen LogP contribution in [0.2, 0.25) is 0 Å². The molecule has 2 heterocycles. The van der Waals surface area contributed by atoms with Crippen molar-refractivity contribution in [3.8, 4) is 5.75 Å². The second kappa shape index (κ2) is 8.10. The van der Waals surface area contributed by atoms with Gasteiger partial charge in [0.15, 0.2) is 0 Å². The molecular weight excluding hydrogens is 390 g/mol. The van der Waals surface area contributed by atoms with Crippen LogP contribution in [0.4, 0.5) is 5.69 Å². The first-order chi connectivity index (χ1) is 14.9. The van der Waals surface area contributed by atoms with Gasteiger partial charge in [0.2, 0.25) is 5.91 Å². The Labute approximate surface area is 182 Å². The van der Waals surface area contributed by atoms with Crippen LogP contribution in [0, 0.1) is 5.92 Å². The lowest BCUT2D eigenvalue weighted by atomic mass is 9.93. The number of methoxy groups -OCH3 is 1. The first kappa shape index (κ1) is 21.0. The predicted molar refractivity (Wildman–Crippen MR) is 123 cm³/mol. The summed E-state index contributed by atoms with van der Waals surface area (Å²) < 4.78 is 7.51. The largest absolute Gasteiger partial charge is 0.495 e. The van der Waals surface area contributed by atoms with Gasteiger partial charge < -0.3 is 14.6 Å². The van der Waals surface area contributed by atoms with E-state index in [9.17, 15) is 9.59 Å². The molecule has 0 radical (unpaired) electrons. The average molecular weight is 420 g/mol. The maximum Gasteiger partial charge on any atom is 0.276 e. The number of anilines is 1. The lowest BCUT2D eigenvalue weighted by molar-refractivity contribution is -0.126. The van der Waals surface area contributed by atoms with E-state index in [-0.39, 0.29) is 11.8 Å². The molecule has 31 heavy (non-hydrogen) atoms. The van der Waals surface area contributed by atoms with Crippen molar-refractivity contribution in [2.45, 2.75) is 39.3 Å². The summed E-state index contributed by atoms with van der Waals surface area (Å²) >= 11 is 0. The molecular formula is C25H29N3O3. The number of hydrogen-bond donors (Lipinski definition) is 1. The molecule has 0 aliphatic carbocycles. The fourth-order valence-electron chi connectivity index (χ4n) is 4.30. The van der Waals surface area contributed by atoms with Gasteiger partial charge in [0, 0.05) is 17.4 Å². The third-order valence-corrected chi connectivity index (χ3v) is 6.01. The van der Waals surface area contributed by atoms with Gasteiger partial charge in [-0.2, -0.15) is 0 Å². The summed E-state index contributed by atoms with van der Waals surface area (Å²) in [5.41, 5.74) is 0.997. The van der Waals surface area contributed by atoms with Crippen LogP contribution in [0.15, 0.2) is 54.6 Å². The number of hydrogen-bond acceptors (Lipinski definition) is 3. The topological polar surface area (TPSA) is 63.6 Å². The number of benzene rings is 2. The molecule has 1 aliphatic rings. The molecule has 6 heteroatoms. The highest BCUT2D eigenvalue weighted by atomic mass is 16.5. The van der Waals surface area contributed by atoms with E-state index in [1.807, 2.05) is 66.1 Å². The average Bonchev–Trinajstić information content (AvgIpc) is 3.12. The summed E-state index contributed by atoms with van der Waals surface area (Å²) in [6, 6.07) is 17.1. The lowest BCUT2D eigenvalue weighted by Gasteiger charge is -2.44. The first-order valence-corrected chi connectivity index (χ1v) is 10.7. The third-order valence-electron chi connectivity index (χ3n) is 6.01. The van der Waals surface area contributed by atoms with Crippen molar-refractivity contribution in [1.82, 2.24) is 9.88 Å². The third kappa shape index (κ3) is 3.56. The Hall–Kier alpha value is -3.28. The molecule has 1 aliphatic heterocycles. The van der Waals surface area contributed by atoms with Crippen LogP contribution in [0.1, 0.15) is 37.7 Å². The van der Waals surface area contributed by atoms with Crippen molar-refractivity contribution in [3.63, 3.8) is 0 Å². The van der Waals surface area contributed by atoms with Gasteiger partial charge in [0.25, 0.3) is 5.91 Å². The summed E-state index contributed by atoms with van der Waals surface area (Å²) in [6.45, 7) is 7.00. The van der Waals surface area contributed by atoms with Crippen LogP contribution >= 0.6 is 0 Å². The van der Waals surface area contributed by atoms with E-state index in [1.165, 1.54) is 0 Å². The van der Waals surface area contributed by atoms with E-state index >= 15 is 0 Å². The van der Waals surface area contributed by atoms with Gasteiger partial charge in [-0.1, -0.05) is 44.2 Å². The molecule has 1 aromatic heterocycles. The number of nitrogens with zero attached hydrogens (tertiary/aromatic N) is 2. The molecule has 4 rings (SSSR count). The predicted octanol–water partition coefficient (Wildman–Crippen LogP) is 4.23. The number of amides is 2. The van der Waals surface area contributed by atoms with Crippen molar-refractivity contribution >= 4 is 28.4 Å². The van der Waals surface area contributed by atoms with Crippen LogP contribution in [0.3, 0.4) is 0 Å². The van der Waals surface area contributed by atoms with Crippen LogP contribution in [0.5, 0.6) is 5.75 Å². The van der Waals surface area contributed by atoms with Gasteiger partial charge in [-0.25, -0.2) is 0 Å². The van der Waals surface area contributed by atoms with E-state index in [4.69, 9.17) is 4.74 Å². The highest BCUT2D eigenvalue weighted by Crippen LogP contribution is 2.39. The van der Waals surface area contributed by atoms with Crippen molar-refractivity contribution in [2.75, 3.05) is 18.6 Å². The Bertz CT molecular complexity index is 1130. The van der Waals surface area contributed by atoms with Crippen molar-refractivity contribution in [2.24, 2.45) is 5.92 Å². The molecule has 1 N–H and O–H groups in total. The van der Waals surface area contributed by atoms with Gasteiger partial charge in [-0.3, -0.25) is 14.5 Å². The lowest BCUT2D eigenvalue weighted by Crippen LogP contribution is -2.64.